The van der Waals surface area contributed by atoms with Gasteiger partial charge in [0.25, 0.3) is 0 Å². The molecule has 0 amide bonds. The highest BCUT2D eigenvalue weighted by atomic mass is 14.6. The molecule has 4 aliphatic rings. The van der Waals surface area contributed by atoms with Crippen LogP contribution >= 0.6 is 0 Å². The van der Waals surface area contributed by atoms with Crippen LogP contribution in [0.2, 0.25) is 0 Å². The number of hydrogen-bond donors (Lipinski definition) is 0. The van der Waals surface area contributed by atoms with Gasteiger partial charge in [0.2, 0.25) is 0 Å². The molecule has 4 aliphatic carbocycles. The molecule has 0 spiro atoms. The molecule has 156 valence electrons. The number of fused-ring (bicyclic) bond motifs is 5. The van der Waals surface area contributed by atoms with E-state index in [1.165, 1.54) is 32.1 Å². The molecule has 1 unspecified atom stereocenters. The Labute approximate surface area is 170 Å². The molecular weight excluding hydrogens is 324 g/mol. The summed E-state index contributed by atoms with van der Waals surface area (Å²) in [4.78, 5) is 0. The monoisotopic (exact) mass is 372 g/mol. The lowest BCUT2D eigenvalue weighted by atomic mass is 9.44. The van der Waals surface area contributed by atoms with Crippen molar-refractivity contribution in [3.8, 4) is 0 Å². The molecule has 0 aliphatic heterocycles. The van der Waals surface area contributed by atoms with Gasteiger partial charge in [0, 0.05) is 0 Å². The van der Waals surface area contributed by atoms with Gasteiger partial charge in [-0.3, -0.25) is 0 Å². The Hall–Kier alpha value is 0. The summed E-state index contributed by atoms with van der Waals surface area (Å²) < 4.78 is 0. The van der Waals surface area contributed by atoms with Crippen molar-refractivity contribution >= 4 is 0 Å². The zero-order valence-electron chi connectivity index (χ0n) is 19.2. The van der Waals surface area contributed by atoms with Gasteiger partial charge < -0.3 is 0 Å². The van der Waals surface area contributed by atoms with Crippen LogP contribution in [0.1, 0.15) is 118 Å². The first-order valence-corrected chi connectivity index (χ1v) is 12.9. The molecule has 0 aromatic carbocycles. The predicted molar refractivity (Wildman–Crippen MR) is 118 cm³/mol. The Morgan fingerprint density at radius 2 is 1.52 bits per heavy atom. The van der Waals surface area contributed by atoms with Crippen molar-refractivity contribution in [3.05, 3.63) is 0 Å². The minimum absolute atomic E-state index is 0.677. The van der Waals surface area contributed by atoms with Crippen LogP contribution in [0.4, 0.5) is 0 Å². The Morgan fingerprint density at radius 3 is 2.30 bits per heavy atom. The first-order chi connectivity index (χ1) is 12.9. The Balaban J connectivity index is 1.46. The first-order valence-electron chi connectivity index (χ1n) is 12.9. The van der Waals surface area contributed by atoms with E-state index >= 15 is 0 Å². The van der Waals surface area contributed by atoms with Gasteiger partial charge in [-0.2, -0.15) is 0 Å². The van der Waals surface area contributed by atoms with Gasteiger partial charge in [-0.05, 0) is 104 Å². The van der Waals surface area contributed by atoms with Crippen molar-refractivity contribution in [1.29, 1.82) is 0 Å². The van der Waals surface area contributed by atoms with E-state index in [-0.39, 0.29) is 0 Å². The molecule has 8 atom stereocenters. The lowest BCUT2D eigenvalue weighted by Crippen LogP contribution is -2.53. The van der Waals surface area contributed by atoms with Crippen molar-refractivity contribution in [2.45, 2.75) is 118 Å². The van der Waals surface area contributed by atoms with E-state index in [1.54, 1.807) is 51.4 Å². The summed E-state index contributed by atoms with van der Waals surface area (Å²) in [6, 6.07) is 0. The lowest BCUT2D eigenvalue weighted by molar-refractivity contribution is -0.114. The van der Waals surface area contributed by atoms with Gasteiger partial charge in [-0.1, -0.05) is 66.7 Å². The van der Waals surface area contributed by atoms with Gasteiger partial charge in [-0.15, -0.1) is 0 Å². The average Bonchev–Trinajstić information content (AvgIpc) is 2.98. The standard InChI is InChI=1S/C27H48/c1-19(2)9-8-10-20(3)23-14-15-24-22-13-12-21-11-6-7-17-26(21,4)25(22)16-18-27(23,24)5/h19-25H,6-18H2,1-5H3/t20-,21?,22-,23-,24-,25-,26-,27+/m0/s1. The van der Waals surface area contributed by atoms with Gasteiger partial charge in [0.15, 0.2) is 0 Å². The second kappa shape index (κ2) is 7.68. The highest BCUT2D eigenvalue weighted by Crippen LogP contribution is 2.68. The second-order valence-electron chi connectivity index (χ2n) is 12.4. The lowest BCUT2D eigenvalue weighted by Gasteiger charge is -2.61. The fourth-order valence-corrected chi connectivity index (χ4v) is 9.32. The summed E-state index contributed by atoms with van der Waals surface area (Å²) in [5, 5.41) is 0. The summed E-state index contributed by atoms with van der Waals surface area (Å²) in [5.41, 5.74) is 1.39. The van der Waals surface area contributed by atoms with Crippen molar-refractivity contribution in [2.75, 3.05) is 0 Å². The molecule has 0 bridgehead atoms. The van der Waals surface area contributed by atoms with E-state index in [9.17, 15) is 0 Å². The van der Waals surface area contributed by atoms with Crippen molar-refractivity contribution in [3.63, 3.8) is 0 Å². The summed E-state index contributed by atoms with van der Waals surface area (Å²) in [6.45, 7) is 12.9. The van der Waals surface area contributed by atoms with Crippen LogP contribution in [-0.4, -0.2) is 0 Å². The Kier molecular flexibility index (Phi) is 5.77. The third kappa shape index (κ3) is 3.44. The molecule has 27 heavy (non-hydrogen) atoms. The summed E-state index contributed by atoms with van der Waals surface area (Å²) in [5.74, 6) is 7.15. The summed E-state index contributed by atoms with van der Waals surface area (Å²) in [7, 11) is 0. The maximum absolute atomic E-state index is 2.75. The maximum atomic E-state index is 2.75. The van der Waals surface area contributed by atoms with Crippen LogP contribution in [0.3, 0.4) is 0 Å². The van der Waals surface area contributed by atoms with Crippen molar-refractivity contribution in [2.24, 2.45) is 52.3 Å². The number of hydrogen-bond acceptors (Lipinski definition) is 0. The highest BCUT2D eigenvalue weighted by Gasteiger charge is 2.59. The molecule has 0 N–H and O–H groups in total. The molecule has 4 rings (SSSR count). The summed E-state index contributed by atoms with van der Waals surface area (Å²) >= 11 is 0. The van der Waals surface area contributed by atoms with Crippen LogP contribution in [0, 0.1) is 52.3 Å². The first kappa shape index (κ1) is 20.3. The van der Waals surface area contributed by atoms with Crippen LogP contribution in [-0.2, 0) is 0 Å². The van der Waals surface area contributed by atoms with Crippen LogP contribution in [0.15, 0.2) is 0 Å². The van der Waals surface area contributed by atoms with Crippen LogP contribution in [0.25, 0.3) is 0 Å². The molecule has 0 saturated heterocycles. The molecule has 0 heterocycles. The Bertz CT molecular complexity index is 506. The van der Waals surface area contributed by atoms with E-state index < -0.39 is 0 Å². The zero-order chi connectivity index (χ0) is 19.2. The average molecular weight is 373 g/mol. The van der Waals surface area contributed by atoms with Crippen molar-refractivity contribution < 1.29 is 0 Å². The van der Waals surface area contributed by atoms with E-state index in [2.05, 4.69) is 34.6 Å². The van der Waals surface area contributed by atoms with E-state index in [0.717, 1.165) is 41.4 Å². The van der Waals surface area contributed by atoms with E-state index in [1.807, 2.05) is 0 Å². The minimum Gasteiger partial charge on any atom is -0.0628 e. The van der Waals surface area contributed by atoms with E-state index in [0.29, 0.717) is 10.8 Å². The molecule has 0 heteroatoms. The summed E-state index contributed by atoms with van der Waals surface area (Å²) in [6.07, 6.45) is 19.9. The fourth-order valence-electron chi connectivity index (χ4n) is 9.32. The third-order valence-electron chi connectivity index (χ3n) is 10.8. The van der Waals surface area contributed by atoms with Crippen molar-refractivity contribution in [1.82, 2.24) is 0 Å². The van der Waals surface area contributed by atoms with Crippen LogP contribution < -0.4 is 0 Å². The Morgan fingerprint density at radius 1 is 0.741 bits per heavy atom. The normalized spacial score (nSPS) is 48.0. The van der Waals surface area contributed by atoms with Gasteiger partial charge >= 0.3 is 0 Å². The SMILES string of the molecule is CC(C)CCC[C@H](C)[C@@H]1CC[C@H]2[C@@H]3CCC4CCCC[C@]4(C)[C@H]3CC[C@@]21C. The molecule has 4 fully saturated rings. The van der Waals surface area contributed by atoms with Crippen LogP contribution in [0.5, 0.6) is 0 Å². The third-order valence-corrected chi connectivity index (χ3v) is 10.8. The van der Waals surface area contributed by atoms with Gasteiger partial charge in [-0.25, -0.2) is 0 Å². The zero-order valence-corrected chi connectivity index (χ0v) is 19.2. The number of rotatable bonds is 5. The topological polar surface area (TPSA) is 0 Å². The molecule has 0 radical (unpaired) electrons. The highest BCUT2D eigenvalue weighted by molar-refractivity contribution is 5.09. The molecule has 0 aromatic heterocycles. The van der Waals surface area contributed by atoms with E-state index in [4.69, 9.17) is 0 Å². The fraction of sp³-hybridized carbons (Fsp3) is 1.00. The maximum Gasteiger partial charge on any atom is -0.0264 e. The molecule has 0 nitrogen and oxygen atoms in total. The quantitative estimate of drug-likeness (QED) is 0.453. The minimum atomic E-state index is 0.677. The smallest absolute Gasteiger partial charge is 0.0264 e. The predicted octanol–water partition coefficient (Wildman–Crippen LogP) is 8.50. The molecule has 4 saturated carbocycles. The largest absolute Gasteiger partial charge is 0.0628 e. The molecular formula is C27H48. The van der Waals surface area contributed by atoms with Gasteiger partial charge in [0.1, 0.15) is 0 Å². The molecule has 0 aromatic rings. The van der Waals surface area contributed by atoms with Gasteiger partial charge in [0.05, 0.1) is 0 Å². The second-order valence-corrected chi connectivity index (χ2v) is 12.4.